The van der Waals surface area contributed by atoms with Gasteiger partial charge in [-0.1, -0.05) is 25.1 Å². The zero-order valence-corrected chi connectivity index (χ0v) is 12.7. The van der Waals surface area contributed by atoms with Gasteiger partial charge in [-0.2, -0.15) is 0 Å². The second-order valence-corrected chi connectivity index (χ2v) is 5.97. The van der Waals surface area contributed by atoms with Gasteiger partial charge in [0.1, 0.15) is 5.82 Å². The van der Waals surface area contributed by atoms with E-state index < -0.39 is 0 Å². The Kier molecular flexibility index (Phi) is 4.08. The van der Waals surface area contributed by atoms with E-state index in [1.807, 2.05) is 25.2 Å². The van der Waals surface area contributed by atoms with Crippen molar-refractivity contribution in [1.29, 1.82) is 0 Å². The van der Waals surface area contributed by atoms with E-state index in [0.29, 0.717) is 12.5 Å². The molecule has 0 aliphatic carbocycles. The van der Waals surface area contributed by atoms with Crippen molar-refractivity contribution in [3.63, 3.8) is 0 Å². The van der Waals surface area contributed by atoms with Crippen LogP contribution in [0.15, 0.2) is 30.3 Å². The van der Waals surface area contributed by atoms with Gasteiger partial charge in [0.15, 0.2) is 0 Å². The van der Waals surface area contributed by atoms with Gasteiger partial charge in [-0.25, -0.2) is 4.98 Å². The van der Waals surface area contributed by atoms with Crippen molar-refractivity contribution in [2.24, 2.45) is 5.92 Å². The van der Waals surface area contributed by atoms with Crippen LogP contribution in [0.4, 0.5) is 5.82 Å². The first-order valence-corrected chi connectivity index (χ1v) is 7.65. The summed E-state index contributed by atoms with van der Waals surface area (Å²) >= 11 is 0. The van der Waals surface area contributed by atoms with Gasteiger partial charge in [-0.15, -0.1) is 0 Å². The van der Waals surface area contributed by atoms with Gasteiger partial charge in [0.2, 0.25) is 0 Å². The van der Waals surface area contributed by atoms with Crippen molar-refractivity contribution < 1.29 is 5.11 Å². The number of aliphatic hydroxyl groups is 1. The Balaban J connectivity index is 2.01. The topological polar surface area (TPSA) is 48.4 Å². The van der Waals surface area contributed by atoms with Crippen LogP contribution in [0.1, 0.15) is 18.9 Å². The van der Waals surface area contributed by atoms with Crippen LogP contribution in [0, 0.1) is 5.92 Å². The van der Waals surface area contributed by atoms with Gasteiger partial charge < -0.3 is 15.3 Å². The van der Waals surface area contributed by atoms with Crippen LogP contribution in [0.25, 0.3) is 10.9 Å². The summed E-state index contributed by atoms with van der Waals surface area (Å²) in [4.78, 5) is 7.08. The Bertz CT molecular complexity index is 628. The predicted octanol–water partition coefficient (Wildman–Crippen LogP) is 2.16. The van der Waals surface area contributed by atoms with Crippen molar-refractivity contribution in [3.8, 4) is 0 Å². The molecule has 0 spiro atoms. The van der Waals surface area contributed by atoms with E-state index in [-0.39, 0.29) is 6.10 Å². The van der Waals surface area contributed by atoms with Crippen molar-refractivity contribution in [2.75, 3.05) is 25.0 Å². The maximum atomic E-state index is 10.2. The van der Waals surface area contributed by atoms with Crippen molar-refractivity contribution in [3.05, 3.63) is 35.9 Å². The molecule has 4 nitrogen and oxygen atoms in total. The Morgan fingerprint density at radius 1 is 1.38 bits per heavy atom. The highest BCUT2D eigenvalue weighted by atomic mass is 16.3. The molecule has 2 heterocycles. The monoisotopic (exact) mass is 285 g/mol. The number of pyridine rings is 1. The Hall–Kier alpha value is -1.65. The number of para-hydroxylation sites is 1. The van der Waals surface area contributed by atoms with E-state index in [0.717, 1.165) is 36.2 Å². The molecule has 21 heavy (non-hydrogen) atoms. The normalized spacial score (nSPS) is 22.7. The summed E-state index contributed by atoms with van der Waals surface area (Å²) in [5.74, 6) is 1.38. The van der Waals surface area contributed by atoms with Gasteiger partial charge in [0.05, 0.1) is 11.6 Å². The predicted molar refractivity (Wildman–Crippen MR) is 86.5 cm³/mol. The second-order valence-electron chi connectivity index (χ2n) is 5.97. The smallest absolute Gasteiger partial charge is 0.133 e. The summed E-state index contributed by atoms with van der Waals surface area (Å²) in [5, 5.41) is 14.5. The number of fused-ring (bicyclic) bond motifs is 1. The van der Waals surface area contributed by atoms with Crippen molar-refractivity contribution >= 4 is 16.7 Å². The highest BCUT2D eigenvalue weighted by Gasteiger charge is 2.26. The first kappa shape index (κ1) is 14.3. The molecule has 112 valence electrons. The fraction of sp³-hybridized carbons (Fsp3) is 0.471. The number of β-amino-alcohol motifs (C(OH)–C–C–N with tert-alkyl or cyclic N) is 1. The third-order valence-electron chi connectivity index (χ3n) is 4.37. The zero-order chi connectivity index (χ0) is 14.8. The maximum absolute atomic E-state index is 10.2. The second kappa shape index (κ2) is 6.00. The fourth-order valence-electron chi connectivity index (χ4n) is 2.99. The molecule has 2 N–H and O–H groups in total. The van der Waals surface area contributed by atoms with Crippen LogP contribution in [0.3, 0.4) is 0 Å². The first-order valence-electron chi connectivity index (χ1n) is 7.65. The highest BCUT2D eigenvalue weighted by Crippen LogP contribution is 2.27. The van der Waals surface area contributed by atoms with Crippen LogP contribution in [0.5, 0.6) is 0 Å². The summed E-state index contributed by atoms with van der Waals surface area (Å²) < 4.78 is 0. The molecule has 0 amide bonds. The van der Waals surface area contributed by atoms with Gasteiger partial charge >= 0.3 is 0 Å². The number of anilines is 1. The van der Waals surface area contributed by atoms with Crippen LogP contribution in [-0.4, -0.2) is 36.3 Å². The van der Waals surface area contributed by atoms with Crippen LogP contribution in [-0.2, 0) is 6.54 Å². The number of nitrogens with one attached hydrogen (secondary N) is 1. The first-order chi connectivity index (χ1) is 10.2. The molecular weight excluding hydrogens is 262 g/mol. The average Bonchev–Trinajstić information content (AvgIpc) is 2.50. The number of piperidine rings is 1. The molecule has 1 saturated heterocycles. The van der Waals surface area contributed by atoms with E-state index in [1.54, 1.807) is 0 Å². The number of benzene rings is 1. The number of hydrogen-bond donors (Lipinski definition) is 2. The molecule has 1 aliphatic rings. The number of nitrogens with zero attached hydrogens (tertiary/aromatic N) is 2. The van der Waals surface area contributed by atoms with Crippen LogP contribution < -0.4 is 10.2 Å². The third-order valence-corrected chi connectivity index (χ3v) is 4.37. The van der Waals surface area contributed by atoms with Crippen molar-refractivity contribution in [1.82, 2.24) is 10.3 Å². The standard InChI is InChI=1S/C17H23N3O/c1-12-7-8-20(11-16(12)21)17-14(10-18-2)9-13-5-3-4-6-15(13)19-17/h3-6,9,12,16,18,21H,7-8,10-11H2,1-2H3. The Morgan fingerprint density at radius 2 is 2.19 bits per heavy atom. The lowest BCUT2D eigenvalue weighted by atomic mass is 9.95. The molecule has 1 aromatic carbocycles. The largest absolute Gasteiger partial charge is 0.391 e. The molecule has 4 heteroatoms. The van der Waals surface area contributed by atoms with Crippen molar-refractivity contribution in [2.45, 2.75) is 26.0 Å². The van der Waals surface area contributed by atoms with Gasteiger partial charge in [0.25, 0.3) is 0 Å². The molecule has 0 saturated carbocycles. The lowest BCUT2D eigenvalue weighted by Crippen LogP contribution is -2.43. The molecule has 1 fully saturated rings. The number of rotatable bonds is 3. The molecule has 1 aromatic heterocycles. The fourth-order valence-corrected chi connectivity index (χ4v) is 2.99. The van der Waals surface area contributed by atoms with E-state index in [2.05, 4.69) is 29.3 Å². The van der Waals surface area contributed by atoms with Crippen LogP contribution >= 0.6 is 0 Å². The zero-order valence-electron chi connectivity index (χ0n) is 12.7. The average molecular weight is 285 g/mol. The molecule has 0 bridgehead atoms. The minimum absolute atomic E-state index is 0.269. The third kappa shape index (κ3) is 2.87. The summed E-state index contributed by atoms with van der Waals surface area (Å²) in [7, 11) is 1.95. The molecular formula is C17H23N3O. The lowest BCUT2D eigenvalue weighted by Gasteiger charge is -2.36. The maximum Gasteiger partial charge on any atom is 0.133 e. The van der Waals surface area contributed by atoms with Gasteiger partial charge in [-0.05, 0) is 31.5 Å². The molecule has 2 aromatic rings. The van der Waals surface area contributed by atoms with E-state index in [1.165, 1.54) is 5.56 Å². The molecule has 0 radical (unpaired) electrons. The summed E-state index contributed by atoms with van der Waals surface area (Å²) in [6.45, 7) is 4.53. The van der Waals surface area contributed by atoms with Gasteiger partial charge in [-0.3, -0.25) is 0 Å². The van der Waals surface area contributed by atoms with E-state index in [4.69, 9.17) is 4.98 Å². The summed E-state index contributed by atoms with van der Waals surface area (Å²) in [5.41, 5.74) is 2.21. The lowest BCUT2D eigenvalue weighted by molar-refractivity contribution is 0.102. The highest BCUT2D eigenvalue weighted by molar-refractivity contribution is 5.81. The molecule has 2 unspecified atom stereocenters. The molecule has 2 atom stereocenters. The Morgan fingerprint density at radius 3 is 2.95 bits per heavy atom. The quantitative estimate of drug-likeness (QED) is 0.907. The SMILES string of the molecule is CNCc1cc2ccccc2nc1N1CCC(C)C(O)C1. The minimum atomic E-state index is -0.269. The van der Waals surface area contributed by atoms with E-state index in [9.17, 15) is 5.11 Å². The summed E-state index contributed by atoms with van der Waals surface area (Å²) in [6, 6.07) is 10.4. The van der Waals surface area contributed by atoms with Gasteiger partial charge in [0, 0.05) is 30.6 Å². The minimum Gasteiger partial charge on any atom is -0.391 e. The Labute approximate surface area is 125 Å². The summed E-state index contributed by atoms with van der Waals surface area (Å²) in [6.07, 6.45) is 0.740. The number of hydrogen-bond acceptors (Lipinski definition) is 4. The molecule has 3 rings (SSSR count). The number of aromatic nitrogens is 1. The van der Waals surface area contributed by atoms with Crippen LogP contribution in [0.2, 0.25) is 0 Å². The van der Waals surface area contributed by atoms with E-state index >= 15 is 0 Å². The molecule has 1 aliphatic heterocycles. The number of aliphatic hydroxyl groups excluding tert-OH is 1.